The second-order valence-corrected chi connectivity index (χ2v) is 10.5. The molecule has 0 saturated heterocycles. The van der Waals surface area contributed by atoms with Crippen molar-refractivity contribution in [1.29, 1.82) is 0 Å². The number of hydrogen-bond donors (Lipinski definition) is 0. The van der Waals surface area contributed by atoms with Crippen LogP contribution in [0.3, 0.4) is 0 Å². The molecule has 0 amide bonds. The van der Waals surface area contributed by atoms with Gasteiger partial charge >= 0.3 is 0 Å². The fraction of sp³-hybridized carbons (Fsp3) is 0. The van der Waals surface area contributed by atoms with Gasteiger partial charge in [0.1, 0.15) is 0 Å². The van der Waals surface area contributed by atoms with Gasteiger partial charge in [-0.2, -0.15) is 0 Å². The highest BCUT2D eigenvalue weighted by molar-refractivity contribution is 6.25. The molecule has 0 aliphatic heterocycles. The number of pyridine rings is 1. The molecule has 2 heterocycles. The van der Waals surface area contributed by atoms with Crippen LogP contribution in [0, 0.1) is 0 Å². The Labute approximate surface area is 243 Å². The van der Waals surface area contributed by atoms with Gasteiger partial charge in [0.2, 0.25) is 0 Å². The molecule has 0 N–H and O–H groups in total. The van der Waals surface area contributed by atoms with E-state index in [2.05, 4.69) is 131 Å². The van der Waals surface area contributed by atoms with E-state index in [1.165, 1.54) is 32.3 Å². The number of hydrogen-bond acceptors (Lipinski definition) is 3. The van der Waals surface area contributed by atoms with Gasteiger partial charge in [0.05, 0.1) is 22.8 Å². The zero-order valence-corrected chi connectivity index (χ0v) is 22.8. The molecular weight excluding hydrogens is 510 g/mol. The molecule has 0 aliphatic rings. The lowest BCUT2D eigenvalue weighted by Crippen LogP contribution is -1.93. The summed E-state index contributed by atoms with van der Waals surface area (Å²) in [5, 5.41) is 7.61. The summed E-state index contributed by atoms with van der Waals surface area (Å²) in [5.41, 5.74) is 7.87. The van der Waals surface area contributed by atoms with Crippen molar-refractivity contribution < 1.29 is 0 Å². The molecule has 0 atom stereocenters. The minimum absolute atomic E-state index is 0.868. The van der Waals surface area contributed by atoms with Gasteiger partial charge in [0.15, 0.2) is 0 Å². The number of fused-ring (bicyclic) bond motifs is 6. The van der Waals surface area contributed by atoms with Crippen LogP contribution < -0.4 is 0 Å². The van der Waals surface area contributed by atoms with E-state index in [1.807, 2.05) is 18.2 Å². The normalized spacial score (nSPS) is 11.3. The zero-order valence-electron chi connectivity index (χ0n) is 22.8. The standard InChI is InChI=1S/C39H25N3/c1-2-9-27(10-3-1)38-39(41-24-23-40-38)28-19-17-26(18-20-28)36-15-8-16-37(42-36)29-21-22-34-32-13-5-4-11-30(32)31-12-6-7-14-33(31)35(34)25-29/h1-25H. The van der Waals surface area contributed by atoms with Crippen LogP contribution in [0.2, 0.25) is 0 Å². The van der Waals surface area contributed by atoms with Gasteiger partial charge in [-0.15, -0.1) is 0 Å². The topological polar surface area (TPSA) is 38.7 Å². The Hall–Kier alpha value is -5.67. The summed E-state index contributed by atoms with van der Waals surface area (Å²) < 4.78 is 0. The predicted molar refractivity (Wildman–Crippen MR) is 174 cm³/mol. The SMILES string of the molecule is c1ccc(-c2nccnc2-c2ccc(-c3cccc(-c4ccc5c6ccccc6c6ccccc6c5c4)n3)cc2)cc1. The van der Waals surface area contributed by atoms with Crippen LogP contribution in [-0.2, 0) is 0 Å². The molecule has 2 aromatic heterocycles. The smallest absolute Gasteiger partial charge is 0.0965 e. The molecule has 8 aromatic rings. The van der Waals surface area contributed by atoms with Gasteiger partial charge in [-0.1, -0.05) is 121 Å². The fourth-order valence-electron chi connectivity index (χ4n) is 5.98. The maximum absolute atomic E-state index is 5.10. The molecule has 0 spiro atoms. The third-order valence-corrected chi connectivity index (χ3v) is 7.99. The third-order valence-electron chi connectivity index (χ3n) is 7.99. The molecule has 42 heavy (non-hydrogen) atoms. The Bertz CT molecular complexity index is 2200. The van der Waals surface area contributed by atoms with Crippen molar-refractivity contribution in [3.05, 3.63) is 152 Å². The summed E-state index contributed by atoms with van der Waals surface area (Å²) >= 11 is 0. The first-order chi connectivity index (χ1) is 20.8. The minimum atomic E-state index is 0.868. The van der Waals surface area contributed by atoms with E-state index in [4.69, 9.17) is 4.98 Å². The second-order valence-electron chi connectivity index (χ2n) is 10.5. The van der Waals surface area contributed by atoms with Crippen LogP contribution >= 0.6 is 0 Å². The van der Waals surface area contributed by atoms with Gasteiger partial charge in [-0.05, 0) is 50.5 Å². The van der Waals surface area contributed by atoms with Crippen LogP contribution in [0.15, 0.2) is 152 Å². The lowest BCUT2D eigenvalue weighted by molar-refractivity contribution is 1.21. The molecule has 0 saturated carbocycles. The van der Waals surface area contributed by atoms with Crippen molar-refractivity contribution in [2.24, 2.45) is 0 Å². The molecule has 6 aromatic carbocycles. The van der Waals surface area contributed by atoms with Crippen molar-refractivity contribution in [3.8, 4) is 45.0 Å². The zero-order chi connectivity index (χ0) is 27.9. The summed E-state index contributed by atoms with van der Waals surface area (Å²) in [6.07, 6.45) is 3.49. The summed E-state index contributed by atoms with van der Waals surface area (Å²) in [7, 11) is 0. The average Bonchev–Trinajstić information content (AvgIpc) is 3.09. The molecule has 8 rings (SSSR count). The maximum Gasteiger partial charge on any atom is 0.0965 e. The molecule has 0 radical (unpaired) electrons. The van der Waals surface area contributed by atoms with Crippen molar-refractivity contribution in [2.75, 3.05) is 0 Å². The van der Waals surface area contributed by atoms with Gasteiger partial charge in [0, 0.05) is 34.6 Å². The first-order valence-electron chi connectivity index (χ1n) is 14.1. The Morgan fingerprint density at radius 2 is 0.762 bits per heavy atom. The molecule has 0 aliphatic carbocycles. The van der Waals surface area contributed by atoms with Crippen LogP contribution in [0.5, 0.6) is 0 Å². The number of benzene rings is 6. The molecule has 196 valence electrons. The molecule has 0 fully saturated rings. The van der Waals surface area contributed by atoms with E-state index < -0.39 is 0 Å². The molecule has 3 heteroatoms. The highest BCUT2D eigenvalue weighted by Gasteiger charge is 2.12. The Balaban J connectivity index is 1.18. The van der Waals surface area contributed by atoms with Crippen molar-refractivity contribution in [3.63, 3.8) is 0 Å². The highest BCUT2D eigenvalue weighted by Crippen LogP contribution is 2.37. The van der Waals surface area contributed by atoms with Crippen molar-refractivity contribution in [1.82, 2.24) is 15.0 Å². The van der Waals surface area contributed by atoms with Gasteiger partial charge < -0.3 is 0 Å². The van der Waals surface area contributed by atoms with Crippen molar-refractivity contribution >= 4 is 32.3 Å². The van der Waals surface area contributed by atoms with Gasteiger partial charge in [-0.3, -0.25) is 9.97 Å². The summed E-state index contributed by atoms with van der Waals surface area (Å²) in [5.74, 6) is 0. The van der Waals surface area contributed by atoms with E-state index in [1.54, 1.807) is 12.4 Å². The lowest BCUT2D eigenvalue weighted by Gasteiger charge is -2.12. The quantitative estimate of drug-likeness (QED) is 0.211. The second kappa shape index (κ2) is 10.1. The number of nitrogens with zero attached hydrogens (tertiary/aromatic N) is 3. The van der Waals surface area contributed by atoms with Gasteiger partial charge in [-0.25, -0.2) is 4.98 Å². The molecule has 0 bridgehead atoms. The van der Waals surface area contributed by atoms with E-state index >= 15 is 0 Å². The minimum Gasteiger partial charge on any atom is -0.252 e. The van der Waals surface area contributed by atoms with E-state index in [-0.39, 0.29) is 0 Å². The summed E-state index contributed by atoms with van der Waals surface area (Å²) in [4.78, 5) is 14.4. The Kier molecular flexibility index (Phi) is 5.79. The van der Waals surface area contributed by atoms with E-state index in [0.29, 0.717) is 0 Å². The monoisotopic (exact) mass is 535 g/mol. The third kappa shape index (κ3) is 4.11. The van der Waals surface area contributed by atoms with Crippen LogP contribution in [0.25, 0.3) is 77.3 Å². The van der Waals surface area contributed by atoms with Crippen LogP contribution in [0.4, 0.5) is 0 Å². The average molecular weight is 536 g/mol. The Morgan fingerprint density at radius 3 is 1.38 bits per heavy atom. The Morgan fingerprint density at radius 1 is 0.310 bits per heavy atom. The maximum atomic E-state index is 5.10. The molecular formula is C39H25N3. The van der Waals surface area contributed by atoms with E-state index in [9.17, 15) is 0 Å². The predicted octanol–water partition coefficient (Wildman–Crippen LogP) is 10.00. The fourth-order valence-corrected chi connectivity index (χ4v) is 5.98. The lowest BCUT2D eigenvalue weighted by atomic mass is 9.93. The summed E-state index contributed by atoms with van der Waals surface area (Å²) in [6.45, 7) is 0. The first-order valence-corrected chi connectivity index (χ1v) is 14.1. The molecule has 0 unspecified atom stereocenters. The first kappa shape index (κ1) is 24.2. The van der Waals surface area contributed by atoms with Crippen LogP contribution in [-0.4, -0.2) is 15.0 Å². The van der Waals surface area contributed by atoms with Gasteiger partial charge in [0.25, 0.3) is 0 Å². The largest absolute Gasteiger partial charge is 0.252 e. The van der Waals surface area contributed by atoms with Crippen LogP contribution in [0.1, 0.15) is 0 Å². The molecule has 3 nitrogen and oxygen atoms in total. The number of rotatable bonds is 4. The van der Waals surface area contributed by atoms with E-state index in [0.717, 1.165) is 45.0 Å². The summed E-state index contributed by atoms with van der Waals surface area (Å²) in [6, 6.07) is 49.0. The van der Waals surface area contributed by atoms with Crippen molar-refractivity contribution in [2.45, 2.75) is 0 Å². The number of aromatic nitrogens is 3. The highest BCUT2D eigenvalue weighted by atomic mass is 14.8.